The summed E-state index contributed by atoms with van der Waals surface area (Å²) in [6.45, 7) is 4.79. The van der Waals surface area contributed by atoms with Gasteiger partial charge < -0.3 is 25.8 Å². The van der Waals surface area contributed by atoms with Gasteiger partial charge in [-0.15, -0.1) is 0 Å². The molecule has 41 heavy (non-hydrogen) atoms. The van der Waals surface area contributed by atoms with Gasteiger partial charge in [0.2, 0.25) is 5.69 Å². The van der Waals surface area contributed by atoms with E-state index in [0.717, 1.165) is 25.7 Å². The van der Waals surface area contributed by atoms with Crippen LogP contribution in [0.3, 0.4) is 0 Å². The summed E-state index contributed by atoms with van der Waals surface area (Å²) in [7, 11) is 0. The van der Waals surface area contributed by atoms with Gasteiger partial charge in [-0.2, -0.15) is 4.73 Å². The van der Waals surface area contributed by atoms with Crippen molar-refractivity contribution in [2.75, 3.05) is 78.5 Å². The lowest BCUT2D eigenvalue weighted by molar-refractivity contribution is -0.615. The maximum atomic E-state index is 12.7. The zero-order valence-corrected chi connectivity index (χ0v) is 23.9. The van der Waals surface area contributed by atoms with Crippen LogP contribution in [0.5, 0.6) is 0 Å². The molecule has 1 aromatic heterocycles. The topological polar surface area (TPSA) is 181 Å². The van der Waals surface area contributed by atoms with Gasteiger partial charge in [0.15, 0.2) is 6.20 Å². The fourth-order valence-electron chi connectivity index (χ4n) is 4.66. The van der Waals surface area contributed by atoms with Crippen LogP contribution in [0.2, 0.25) is 0 Å². The number of nitrogens with one attached hydrogen (secondary N) is 1. The van der Waals surface area contributed by atoms with Crippen LogP contribution in [0.25, 0.3) is 0 Å². The third-order valence-electron chi connectivity index (χ3n) is 6.96. The highest BCUT2D eigenvalue weighted by atomic mass is 16.5. The van der Waals surface area contributed by atoms with Crippen molar-refractivity contribution in [1.82, 2.24) is 24.9 Å². The van der Waals surface area contributed by atoms with E-state index in [0.29, 0.717) is 74.9 Å². The van der Waals surface area contributed by atoms with Gasteiger partial charge in [-0.1, -0.05) is 26.2 Å². The number of aromatic nitrogens is 1. The molecule has 0 atom stereocenters. The van der Waals surface area contributed by atoms with Crippen molar-refractivity contribution in [1.29, 1.82) is 0 Å². The number of carboxylic acid groups (broad SMARTS) is 3. The number of hydrogen-bond acceptors (Lipinski definition) is 9. The Kier molecular flexibility index (Phi) is 15.0. The van der Waals surface area contributed by atoms with E-state index in [4.69, 9.17) is 0 Å². The SMILES string of the molecule is CCCCCCNC(=O)c1cc[n+]([O-])c(CN2CCN(CC(=O)O)CCN(CC(=O)O)CCN(CC(=O)O)CC2)c1. The molecule has 0 saturated carbocycles. The number of carbonyl (C=O) groups excluding carboxylic acids is 1. The Morgan fingerprint density at radius 2 is 1.24 bits per heavy atom. The molecule has 0 radical (unpaired) electrons. The van der Waals surface area contributed by atoms with Crippen LogP contribution in [0.1, 0.15) is 48.7 Å². The number of nitrogens with zero attached hydrogens (tertiary/aromatic N) is 5. The fourth-order valence-corrected chi connectivity index (χ4v) is 4.66. The highest BCUT2D eigenvalue weighted by Crippen LogP contribution is 2.08. The molecule has 2 heterocycles. The molecule has 0 aliphatic carbocycles. The second kappa shape index (κ2) is 18.2. The Morgan fingerprint density at radius 3 is 1.68 bits per heavy atom. The predicted molar refractivity (Wildman–Crippen MR) is 149 cm³/mol. The van der Waals surface area contributed by atoms with Gasteiger partial charge in [0.1, 0.15) is 0 Å². The molecule has 0 bridgehead atoms. The molecule has 1 aliphatic heterocycles. The van der Waals surface area contributed by atoms with Crippen molar-refractivity contribution in [2.24, 2.45) is 0 Å². The van der Waals surface area contributed by atoms with Crippen molar-refractivity contribution in [2.45, 2.75) is 39.2 Å². The molecule has 14 nitrogen and oxygen atoms in total. The van der Waals surface area contributed by atoms with E-state index in [1.165, 1.54) is 12.3 Å². The average molecular weight is 581 g/mol. The molecule has 1 saturated heterocycles. The summed E-state index contributed by atoms with van der Waals surface area (Å²) >= 11 is 0. The van der Waals surface area contributed by atoms with Gasteiger partial charge >= 0.3 is 17.9 Å². The van der Waals surface area contributed by atoms with E-state index in [1.807, 2.05) is 4.90 Å². The Bertz CT molecular complexity index is 978. The third-order valence-corrected chi connectivity index (χ3v) is 6.96. The van der Waals surface area contributed by atoms with Gasteiger partial charge in [-0.25, -0.2) is 0 Å². The van der Waals surface area contributed by atoms with Gasteiger partial charge in [0.25, 0.3) is 5.91 Å². The van der Waals surface area contributed by atoms with Gasteiger partial charge in [-0.05, 0) is 6.42 Å². The molecule has 4 N–H and O–H groups in total. The molecular formula is C27H44N6O8. The summed E-state index contributed by atoms with van der Waals surface area (Å²) in [6.07, 6.45) is 5.40. The second-order valence-corrected chi connectivity index (χ2v) is 10.3. The summed E-state index contributed by atoms with van der Waals surface area (Å²) in [5.74, 6) is -3.29. The molecular weight excluding hydrogens is 536 g/mol. The number of unbranched alkanes of at least 4 members (excludes halogenated alkanes) is 3. The number of rotatable bonds is 14. The van der Waals surface area contributed by atoms with Crippen LogP contribution in [0.4, 0.5) is 0 Å². The first-order chi connectivity index (χ1) is 19.6. The summed E-state index contributed by atoms with van der Waals surface area (Å²) in [5.41, 5.74) is 0.716. The zero-order valence-electron chi connectivity index (χ0n) is 23.9. The number of amides is 1. The minimum atomic E-state index is -1.02. The summed E-state index contributed by atoms with van der Waals surface area (Å²) < 4.78 is 0.696. The number of carbonyl (C=O) groups is 4. The first-order valence-corrected chi connectivity index (χ1v) is 14.1. The Hall–Kier alpha value is -3.33. The van der Waals surface area contributed by atoms with Crippen LogP contribution < -0.4 is 10.0 Å². The summed E-state index contributed by atoms with van der Waals surface area (Å²) in [6, 6.07) is 3.03. The third kappa shape index (κ3) is 13.7. The van der Waals surface area contributed by atoms with Crippen LogP contribution >= 0.6 is 0 Å². The fraction of sp³-hybridized carbons (Fsp3) is 0.667. The van der Waals surface area contributed by atoms with E-state index >= 15 is 0 Å². The van der Waals surface area contributed by atoms with Crippen molar-refractivity contribution < 1.29 is 39.2 Å². The van der Waals surface area contributed by atoms with Crippen LogP contribution in [0.15, 0.2) is 18.3 Å². The van der Waals surface area contributed by atoms with Crippen molar-refractivity contribution in [3.8, 4) is 0 Å². The second-order valence-electron chi connectivity index (χ2n) is 10.3. The maximum Gasteiger partial charge on any atom is 0.317 e. The molecule has 0 unspecified atom stereocenters. The van der Waals surface area contributed by atoms with E-state index < -0.39 is 17.9 Å². The minimum absolute atomic E-state index is 0.175. The van der Waals surface area contributed by atoms with E-state index in [9.17, 15) is 39.7 Å². The average Bonchev–Trinajstić information content (AvgIpc) is 2.90. The smallest absolute Gasteiger partial charge is 0.317 e. The van der Waals surface area contributed by atoms with Gasteiger partial charge in [0, 0.05) is 71.0 Å². The molecule has 1 aliphatic rings. The quantitative estimate of drug-likeness (QED) is 0.127. The van der Waals surface area contributed by atoms with Gasteiger partial charge in [-0.3, -0.25) is 38.8 Å². The molecule has 1 aromatic rings. The van der Waals surface area contributed by atoms with Crippen molar-refractivity contribution in [3.05, 3.63) is 34.8 Å². The molecule has 0 spiro atoms. The van der Waals surface area contributed by atoms with Crippen LogP contribution in [-0.4, -0.2) is 137 Å². The van der Waals surface area contributed by atoms with E-state index in [2.05, 4.69) is 12.2 Å². The molecule has 1 amide bonds. The molecule has 2 rings (SSSR count). The van der Waals surface area contributed by atoms with Crippen LogP contribution in [-0.2, 0) is 20.9 Å². The van der Waals surface area contributed by atoms with Gasteiger partial charge in [0.05, 0.1) is 31.7 Å². The number of hydrogen-bond donors (Lipinski definition) is 4. The summed E-state index contributed by atoms with van der Waals surface area (Å²) in [5, 5.41) is 43.6. The van der Waals surface area contributed by atoms with Crippen LogP contribution in [0, 0.1) is 5.21 Å². The molecule has 0 aromatic carbocycles. The monoisotopic (exact) mass is 580 g/mol. The Labute approximate surface area is 240 Å². The number of carboxylic acids is 3. The number of pyridine rings is 1. The van der Waals surface area contributed by atoms with E-state index in [1.54, 1.807) is 20.8 Å². The highest BCUT2D eigenvalue weighted by Gasteiger charge is 2.22. The molecule has 14 heteroatoms. The zero-order chi connectivity index (χ0) is 30.2. The number of aliphatic carboxylic acids is 3. The molecule has 1 fully saturated rings. The molecule has 230 valence electrons. The minimum Gasteiger partial charge on any atom is -0.618 e. The lowest BCUT2D eigenvalue weighted by Gasteiger charge is -2.32. The van der Waals surface area contributed by atoms with Crippen molar-refractivity contribution in [3.63, 3.8) is 0 Å². The largest absolute Gasteiger partial charge is 0.618 e. The normalized spacial score (nSPS) is 16.9. The Balaban J connectivity index is 2.19. The first kappa shape index (κ1) is 33.9. The first-order valence-electron chi connectivity index (χ1n) is 14.1. The van der Waals surface area contributed by atoms with E-state index in [-0.39, 0.29) is 32.1 Å². The maximum absolute atomic E-state index is 12.7. The lowest BCUT2D eigenvalue weighted by atomic mass is 10.2. The Morgan fingerprint density at radius 1 is 0.780 bits per heavy atom. The predicted octanol–water partition coefficient (Wildman–Crippen LogP) is -0.394. The van der Waals surface area contributed by atoms with Crippen molar-refractivity contribution >= 4 is 23.8 Å². The standard InChI is InChI=1S/C27H44N6O8/c1-2-3-4-5-7-28-27(40)22-6-8-33(41)23(17-22)18-29-9-11-30(19-24(34)35)13-15-32(21-26(38)39)16-14-31(12-10-29)20-25(36)37/h6,8,17H,2-5,7,9-16,18-21H2,1H3,(H,28,40)(H,34,35)(H,36,37)(H,38,39). The lowest BCUT2D eigenvalue weighted by Crippen LogP contribution is -2.49. The highest BCUT2D eigenvalue weighted by molar-refractivity contribution is 5.94. The summed E-state index contributed by atoms with van der Waals surface area (Å²) in [4.78, 5) is 54.0.